The van der Waals surface area contributed by atoms with Crippen LogP contribution in [0.3, 0.4) is 0 Å². The van der Waals surface area contributed by atoms with Gasteiger partial charge in [-0.2, -0.15) is 0 Å². The molecule has 2 amide bonds. The Hall–Kier alpha value is -3.28. The number of aromatic carboxylic acids is 1. The highest BCUT2D eigenvalue weighted by Crippen LogP contribution is 2.27. The molecule has 10 heteroatoms. The number of halogens is 2. The molecule has 0 aromatic heterocycles. The van der Waals surface area contributed by atoms with Gasteiger partial charge in [0.1, 0.15) is 17.9 Å². The predicted octanol–water partition coefficient (Wildman–Crippen LogP) is 5.05. The van der Waals surface area contributed by atoms with Crippen LogP contribution in [0, 0.1) is 3.57 Å². The third kappa shape index (κ3) is 5.69. The topological polar surface area (TPSA) is 95.9 Å². The van der Waals surface area contributed by atoms with Crippen molar-refractivity contribution in [1.29, 1.82) is 0 Å². The molecular formula is C25H16ClIN2O5S. The van der Waals surface area contributed by atoms with Crippen molar-refractivity contribution in [2.75, 3.05) is 4.90 Å². The van der Waals surface area contributed by atoms with Gasteiger partial charge < -0.3 is 9.84 Å². The normalized spacial score (nSPS) is 14.7. The van der Waals surface area contributed by atoms with Crippen LogP contribution < -0.4 is 15.0 Å². The first kappa shape index (κ1) is 24.8. The Labute approximate surface area is 224 Å². The fourth-order valence-electron chi connectivity index (χ4n) is 3.30. The maximum absolute atomic E-state index is 13.1. The second kappa shape index (κ2) is 10.5. The molecule has 2 N–H and O–H groups in total. The molecular weight excluding hydrogens is 603 g/mol. The Morgan fingerprint density at radius 1 is 1.11 bits per heavy atom. The number of carboxylic acids is 1. The minimum atomic E-state index is -0.987. The summed E-state index contributed by atoms with van der Waals surface area (Å²) in [6.07, 6.45) is 1.49. The molecule has 35 heavy (non-hydrogen) atoms. The summed E-state index contributed by atoms with van der Waals surface area (Å²) in [4.78, 5) is 37.9. The molecule has 0 radical (unpaired) electrons. The zero-order valence-corrected chi connectivity index (χ0v) is 21.6. The molecule has 1 aliphatic rings. The van der Waals surface area contributed by atoms with Gasteiger partial charge in [0.25, 0.3) is 11.8 Å². The van der Waals surface area contributed by atoms with Crippen LogP contribution >= 0.6 is 46.4 Å². The number of amides is 2. The van der Waals surface area contributed by atoms with Crippen LogP contribution in [-0.4, -0.2) is 28.0 Å². The van der Waals surface area contributed by atoms with Gasteiger partial charge in [0.15, 0.2) is 5.11 Å². The summed E-state index contributed by atoms with van der Waals surface area (Å²) in [6, 6.07) is 18.3. The first-order valence-corrected chi connectivity index (χ1v) is 12.0. The van der Waals surface area contributed by atoms with Crippen molar-refractivity contribution in [3.05, 3.63) is 97.6 Å². The summed E-state index contributed by atoms with van der Waals surface area (Å²) >= 11 is 13.4. The van der Waals surface area contributed by atoms with Gasteiger partial charge in [0.05, 0.1) is 14.8 Å². The van der Waals surface area contributed by atoms with Crippen LogP contribution in [0.2, 0.25) is 5.02 Å². The van der Waals surface area contributed by atoms with E-state index in [9.17, 15) is 14.4 Å². The van der Waals surface area contributed by atoms with E-state index in [1.807, 2.05) is 0 Å². The average Bonchev–Trinajstić information content (AvgIpc) is 2.81. The van der Waals surface area contributed by atoms with Crippen molar-refractivity contribution in [1.82, 2.24) is 5.32 Å². The maximum atomic E-state index is 13.1. The number of ether oxygens (including phenoxy) is 1. The Kier molecular flexibility index (Phi) is 7.48. The molecule has 4 rings (SSSR count). The van der Waals surface area contributed by atoms with Crippen molar-refractivity contribution in [2.24, 2.45) is 0 Å². The molecule has 1 aliphatic heterocycles. The molecule has 0 unspecified atom stereocenters. The minimum absolute atomic E-state index is 0.0193. The molecule has 0 spiro atoms. The molecule has 0 bridgehead atoms. The van der Waals surface area contributed by atoms with E-state index < -0.39 is 17.8 Å². The van der Waals surface area contributed by atoms with Gasteiger partial charge >= 0.3 is 5.97 Å². The summed E-state index contributed by atoms with van der Waals surface area (Å²) in [5.74, 6) is -1.52. The number of carbonyl (C=O) groups excluding carboxylic acids is 2. The zero-order valence-electron chi connectivity index (χ0n) is 17.8. The first-order chi connectivity index (χ1) is 16.7. The van der Waals surface area contributed by atoms with Crippen molar-refractivity contribution in [3.63, 3.8) is 0 Å². The quantitative estimate of drug-likeness (QED) is 0.174. The summed E-state index contributed by atoms with van der Waals surface area (Å²) in [6.45, 7) is 0.253. The lowest BCUT2D eigenvalue weighted by Gasteiger charge is -2.29. The van der Waals surface area contributed by atoms with E-state index in [2.05, 4.69) is 27.9 Å². The number of anilines is 1. The number of hydrogen-bond donors (Lipinski definition) is 2. The van der Waals surface area contributed by atoms with Gasteiger partial charge in [-0.25, -0.2) is 4.79 Å². The monoisotopic (exact) mass is 618 g/mol. The maximum Gasteiger partial charge on any atom is 0.335 e. The van der Waals surface area contributed by atoms with E-state index >= 15 is 0 Å². The number of nitrogens with zero attached hydrogens (tertiary/aromatic N) is 1. The second-order valence-electron chi connectivity index (χ2n) is 7.42. The third-order valence-corrected chi connectivity index (χ3v) is 6.39. The van der Waals surface area contributed by atoms with Crippen LogP contribution in [0.4, 0.5) is 5.69 Å². The number of benzene rings is 3. The number of carbonyl (C=O) groups is 3. The number of nitrogens with one attached hydrogen (secondary N) is 1. The fourth-order valence-corrected chi connectivity index (χ4v) is 4.46. The van der Waals surface area contributed by atoms with Gasteiger partial charge in [-0.1, -0.05) is 35.9 Å². The molecule has 3 aromatic rings. The number of thiocarbonyl (C=S) groups is 1. The number of carboxylic acid groups (broad SMARTS) is 1. The summed E-state index contributed by atoms with van der Waals surface area (Å²) < 4.78 is 6.62. The third-order valence-electron chi connectivity index (χ3n) is 5.03. The Morgan fingerprint density at radius 3 is 2.51 bits per heavy atom. The van der Waals surface area contributed by atoms with E-state index in [-0.39, 0.29) is 22.9 Å². The molecule has 1 heterocycles. The Bertz CT molecular complexity index is 1390. The van der Waals surface area contributed by atoms with Gasteiger partial charge in [0, 0.05) is 5.02 Å². The van der Waals surface area contributed by atoms with Crippen LogP contribution in [0.25, 0.3) is 6.08 Å². The molecule has 0 atom stereocenters. The molecule has 1 fully saturated rings. The molecule has 3 aromatic carbocycles. The lowest BCUT2D eigenvalue weighted by molar-refractivity contribution is -0.122. The second-order valence-corrected chi connectivity index (χ2v) is 9.40. The standard InChI is InChI=1S/C25H16ClIN2O5S/c26-17-2-1-3-18(12-17)29-23(31)19(22(30)28-25(29)35)10-15-6-9-21(20(27)11-15)34-13-14-4-7-16(8-5-14)24(32)33/h1-12H,13H2,(H,32,33)(H,28,30,35)/b19-10+. The molecule has 1 saturated heterocycles. The molecule has 7 nitrogen and oxygen atoms in total. The van der Waals surface area contributed by atoms with Gasteiger partial charge in [-0.15, -0.1) is 0 Å². The van der Waals surface area contributed by atoms with E-state index in [0.717, 1.165) is 9.13 Å². The minimum Gasteiger partial charge on any atom is -0.488 e. The lowest BCUT2D eigenvalue weighted by Crippen LogP contribution is -2.54. The first-order valence-electron chi connectivity index (χ1n) is 10.1. The fraction of sp³-hybridized carbons (Fsp3) is 0.0400. The highest BCUT2D eigenvalue weighted by molar-refractivity contribution is 14.1. The number of hydrogen-bond acceptors (Lipinski definition) is 5. The van der Waals surface area contributed by atoms with E-state index in [4.69, 9.17) is 33.7 Å². The van der Waals surface area contributed by atoms with Crippen LogP contribution in [0.5, 0.6) is 5.75 Å². The van der Waals surface area contributed by atoms with E-state index in [1.54, 1.807) is 54.6 Å². The van der Waals surface area contributed by atoms with Crippen molar-refractivity contribution in [3.8, 4) is 5.75 Å². The van der Waals surface area contributed by atoms with Crippen LogP contribution in [0.1, 0.15) is 21.5 Å². The Balaban J connectivity index is 1.53. The largest absolute Gasteiger partial charge is 0.488 e. The van der Waals surface area contributed by atoms with Gasteiger partial charge in [-0.3, -0.25) is 19.8 Å². The highest BCUT2D eigenvalue weighted by Gasteiger charge is 2.34. The zero-order chi connectivity index (χ0) is 25.1. The molecule has 176 valence electrons. The van der Waals surface area contributed by atoms with Crippen molar-refractivity contribution >= 4 is 81.1 Å². The average molecular weight is 619 g/mol. The van der Waals surface area contributed by atoms with Crippen LogP contribution in [0.15, 0.2) is 72.3 Å². The predicted molar refractivity (Wildman–Crippen MR) is 145 cm³/mol. The lowest BCUT2D eigenvalue weighted by atomic mass is 10.1. The number of rotatable bonds is 6. The van der Waals surface area contributed by atoms with Gasteiger partial charge in [0.2, 0.25) is 0 Å². The van der Waals surface area contributed by atoms with E-state index in [0.29, 0.717) is 22.0 Å². The highest BCUT2D eigenvalue weighted by atomic mass is 127. The van der Waals surface area contributed by atoms with Crippen molar-refractivity contribution < 1.29 is 24.2 Å². The molecule has 0 aliphatic carbocycles. The summed E-state index contributed by atoms with van der Waals surface area (Å²) in [5.41, 5.74) is 2.04. The smallest absolute Gasteiger partial charge is 0.335 e. The van der Waals surface area contributed by atoms with E-state index in [1.165, 1.54) is 23.1 Å². The summed E-state index contributed by atoms with van der Waals surface area (Å²) in [7, 11) is 0. The van der Waals surface area contributed by atoms with Crippen molar-refractivity contribution in [2.45, 2.75) is 6.61 Å². The molecule has 0 saturated carbocycles. The SMILES string of the molecule is O=C1NC(=S)N(c2cccc(Cl)c2)C(=O)/C1=C/c1ccc(OCc2ccc(C(=O)O)cc2)c(I)c1. The van der Waals surface area contributed by atoms with Crippen LogP contribution in [-0.2, 0) is 16.2 Å². The Morgan fingerprint density at radius 2 is 1.86 bits per heavy atom. The van der Waals surface area contributed by atoms with Gasteiger partial charge in [-0.05, 0) is 94.5 Å². The summed E-state index contributed by atoms with van der Waals surface area (Å²) in [5, 5.41) is 12.0.